The summed E-state index contributed by atoms with van der Waals surface area (Å²) in [7, 11) is 0. The molecule has 2 aromatic heterocycles. The van der Waals surface area contributed by atoms with Crippen molar-refractivity contribution in [3.05, 3.63) is 61.1 Å². The molecule has 0 aliphatic carbocycles. The predicted molar refractivity (Wildman–Crippen MR) is 105 cm³/mol. The lowest BCUT2D eigenvalue weighted by molar-refractivity contribution is 0.246. The molecule has 1 aliphatic rings. The lowest BCUT2D eigenvalue weighted by Gasteiger charge is -2.33. The summed E-state index contributed by atoms with van der Waals surface area (Å²) in [5, 5.41) is 10.1. The van der Waals surface area contributed by atoms with Crippen molar-refractivity contribution in [2.45, 2.75) is 25.4 Å². The Morgan fingerprint density at radius 1 is 1.25 bits per heavy atom. The lowest BCUT2D eigenvalue weighted by Crippen LogP contribution is -2.49. The SMILES string of the molecule is O=C(Nc1cccc(Cn2cncn2)c1)N[C@@H]1CCCN(c2cnccn2)C1. The maximum Gasteiger partial charge on any atom is 0.319 e. The van der Waals surface area contributed by atoms with Gasteiger partial charge in [-0.2, -0.15) is 5.10 Å². The molecule has 28 heavy (non-hydrogen) atoms. The zero-order valence-electron chi connectivity index (χ0n) is 15.4. The Kier molecular flexibility index (Phi) is 5.41. The second-order valence-electron chi connectivity index (χ2n) is 6.74. The average molecular weight is 378 g/mol. The highest BCUT2D eigenvalue weighted by Gasteiger charge is 2.22. The minimum Gasteiger partial charge on any atom is -0.353 e. The number of carbonyl (C=O) groups excluding carboxylic acids is 1. The number of urea groups is 1. The molecule has 1 aromatic carbocycles. The molecule has 0 radical (unpaired) electrons. The molecular formula is C19H22N8O. The molecule has 9 nitrogen and oxygen atoms in total. The number of nitrogens with one attached hydrogen (secondary N) is 2. The zero-order chi connectivity index (χ0) is 19.2. The summed E-state index contributed by atoms with van der Waals surface area (Å²) in [4.78, 5) is 27.0. The van der Waals surface area contributed by atoms with Crippen LogP contribution >= 0.6 is 0 Å². The fourth-order valence-electron chi connectivity index (χ4n) is 3.36. The number of nitrogens with zero attached hydrogens (tertiary/aromatic N) is 6. The molecule has 0 saturated carbocycles. The third-order valence-corrected chi connectivity index (χ3v) is 4.63. The number of rotatable bonds is 5. The minimum absolute atomic E-state index is 0.0640. The van der Waals surface area contributed by atoms with E-state index < -0.39 is 0 Å². The van der Waals surface area contributed by atoms with E-state index in [-0.39, 0.29) is 12.1 Å². The van der Waals surface area contributed by atoms with E-state index in [0.717, 1.165) is 43.0 Å². The number of amides is 2. The summed E-state index contributed by atoms with van der Waals surface area (Å²) in [6.07, 6.45) is 10.2. The molecule has 0 spiro atoms. The van der Waals surface area contributed by atoms with E-state index in [4.69, 9.17) is 0 Å². The molecule has 144 valence electrons. The molecule has 0 bridgehead atoms. The van der Waals surface area contributed by atoms with E-state index in [1.165, 1.54) is 6.33 Å². The summed E-state index contributed by atoms with van der Waals surface area (Å²) in [6.45, 7) is 2.24. The highest BCUT2D eigenvalue weighted by Crippen LogP contribution is 2.17. The van der Waals surface area contributed by atoms with Crippen molar-refractivity contribution in [2.24, 2.45) is 0 Å². The standard InChI is InChI=1S/C19H22N8O/c28-19(24-16-4-1-3-15(9-16)11-27-14-21-13-23-27)25-17-5-2-8-26(12-17)18-10-20-6-7-22-18/h1,3-4,6-7,9-10,13-14,17H,2,5,8,11-12H2,(H2,24,25,28)/t17-/m1/s1. The van der Waals surface area contributed by atoms with Gasteiger partial charge in [-0.3, -0.25) is 4.98 Å². The van der Waals surface area contributed by atoms with Gasteiger partial charge in [0.2, 0.25) is 0 Å². The number of carbonyl (C=O) groups is 1. The van der Waals surface area contributed by atoms with Crippen LogP contribution in [0.25, 0.3) is 0 Å². The summed E-state index contributed by atoms with van der Waals surface area (Å²) in [6, 6.07) is 7.58. The normalized spacial score (nSPS) is 16.6. The maximum absolute atomic E-state index is 12.5. The quantitative estimate of drug-likeness (QED) is 0.703. The van der Waals surface area contributed by atoms with Crippen LogP contribution in [0.5, 0.6) is 0 Å². The first-order chi connectivity index (χ1) is 13.8. The Morgan fingerprint density at radius 3 is 3.04 bits per heavy atom. The van der Waals surface area contributed by atoms with E-state index >= 15 is 0 Å². The number of anilines is 2. The van der Waals surface area contributed by atoms with Gasteiger partial charge in [0.15, 0.2) is 0 Å². The Labute approximate surface area is 162 Å². The molecule has 2 N–H and O–H groups in total. The lowest BCUT2D eigenvalue weighted by atomic mass is 10.1. The van der Waals surface area contributed by atoms with Crippen molar-refractivity contribution in [1.29, 1.82) is 0 Å². The van der Waals surface area contributed by atoms with Gasteiger partial charge in [-0.15, -0.1) is 0 Å². The number of hydrogen-bond donors (Lipinski definition) is 2. The van der Waals surface area contributed by atoms with Gasteiger partial charge in [0.25, 0.3) is 0 Å². The smallest absolute Gasteiger partial charge is 0.319 e. The predicted octanol–water partition coefficient (Wildman–Crippen LogP) is 1.91. The first-order valence-electron chi connectivity index (χ1n) is 9.26. The average Bonchev–Trinajstić information content (AvgIpc) is 3.22. The second-order valence-corrected chi connectivity index (χ2v) is 6.74. The van der Waals surface area contributed by atoms with Crippen LogP contribution in [0.4, 0.5) is 16.3 Å². The first-order valence-corrected chi connectivity index (χ1v) is 9.26. The van der Waals surface area contributed by atoms with Gasteiger partial charge in [-0.05, 0) is 30.5 Å². The molecular weight excluding hydrogens is 356 g/mol. The summed E-state index contributed by atoms with van der Waals surface area (Å²) in [5.41, 5.74) is 1.78. The highest BCUT2D eigenvalue weighted by atomic mass is 16.2. The Morgan fingerprint density at radius 2 is 2.21 bits per heavy atom. The van der Waals surface area contributed by atoms with Gasteiger partial charge in [0, 0.05) is 37.2 Å². The fraction of sp³-hybridized carbons (Fsp3) is 0.316. The Balaban J connectivity index is 1.33. The number of piperidine rings is 1. The van der Waals surface area contributed by atoms with Gasteiger partial charge in [0.1, 0.15) is 18.5 Å². The van der Waals surface area contributed by atoms with Crippen LogP contribution in [0, 0.1) is 0 Å². The van der Waals surface area contributed by atoms with Gasteiger partial charge in [-0.1, -0.05) is 12.1 Å². The first kappa shape index (κ1) is 17.9. The van der Waals surface area contributed by atoms with Crippen LogP contribution < -0.4 is 15.5 Å². The molecule has 4 rings (SSSR count). The number of aromatic nitrogens is 5. The van der Waals surface area contributed by atoms with Crippen LogP contribution in [-0.4, -0.2) is 49.9 Å². The number of hydrogen-bond acceptors (Lipinski definition) is 6. The van der Waals surface area contributed by atoms with E-state index in [9.17, 15) is 4.79 Å². The fourth-order valence-corrected chi connectivity index (χ4v) is 3.36. The molecule has 3 aromatic rings. The van der Waals surface area contributed by atoms with Crippen molar-refractivity contribution in [2.75, 3.05) is 23.3 Å². The van der Waals surface area contributed by atoms with Crippen LogP contribution in [-0.2, 0) is 6.54 Å². The van der Waals surface area contributed by atoms with Crippen molar-refractivity contribution in [1.82, 2.24) is 30.0 Å². The summed E-state index contributed by atoms with van der Waals surface area (Å²) >= 11 is 0. The Hall–Kier alpha value is -3.49. The molecule has 1 saturated heterocycles. The second kappa shape index (κ2) is 8.47. The van der Waals surface area contributed by atoms with Crippen LogP contribution in [0.2, 0.25) is 0 Å². The van der Waals surface area contributed by atoms with Crippen molar-refractivity contribution in [3.8, 4) is 0 Å². The zero-order valence-corrected chi connectivity index (χ0v) is 15.4. The van der Waals surface area contributed by atoms with Gasteiger partial charge in [0.05, 0.1) is 12.7 Å². The molecule has 2 amide bonds. The molecule has 3 heterocycles. The van der Waals surface area contributed by atoms with Crippen molar-refractivity contribution in [3.63, 3.8) is 0 Å². The number of benzene rings is 1. The van der Waals surface area contributed by atoms with Crippen LogP contribution in [0.15, 0.2) is 55.5 Å². The maximum atomic E-state index is 12.5. The van der Waals surface area contributed by atoms with Crippen molar-refractivity contribution >= 4 is 17.5 Å². The molecule has 1 aliphatic heterocycles. The molecule has 1 atom stereocenters. The van der Waals surface area contributed by atoms with Crippen molar-refractivity contribution < 1.29 is 4.79 Å². The van der Waals surface area contributed by atoms with Gasteiger partial charge >= 0.3 is 6.03 Å². The largest absolute Gasteiger partial charge is 0.353 e. The summed E-state index contributed by atoms with van der Waals surface area (Å²) < 4.78 is 1.74. The third kappa shape index (κ3) is 4.61. The highest BCUT2D eigenvalue weighted by molar-refractivity contribution is 5.89. The topological polar surface area (TPSA) is 101 Å². The van der Waals surface area contributed by atoms with E-state index in [2.05, 4.69) is 35.6 Å². The van der Waals surface area contributed by atoms with E-state index in [1.807, 2.05) is 24.3 Å². The van der Waals surface area contributed by atoms with Crippen LogP contribution in [0.3, 0.4) is 0 Å². The van der Waals surface area contributed by atoms with Gasteiger partial charge in [-0.25, -0.2) is 19.4 Å². The monoisotopic (exact) mass is 378 g/mol. The summed E-state index contributed by atoms with van der Waals surface area (Å²) in [5.74, 6) is 0.843. The minimum atomic E-state index is -0.205. The van der Waals surface area contributed by atoms with E-state index in [1.54, 1.807) is 29.6 Å². The van der Waals surface area contributed by atoms with E-state index in [0.29, 0.717) is 6.54 Å². The Bertz CT molecular complexity index is 899. The van der Waals surface area contributed by atoms with Crippen LogP contribution in [0.1, 0.15) is 18.4 Å². The molecule has 0 unspecified atom stereocenters. The molecule has 9 heteroatoms. The third-order valence-electron chi connectivity index (χ3n) is 4.63. The van der Waals surface area contributed by atoms with Gasteiger partial charge < -0.3 is 15.5 Å². The molecule has 1 fully saturated rings.